The van der Waals surface area contributed by atoms with E-state index in [9.17, 15) is 14.0 Å². The summed E-state index contributed by atoms with van der Waals surface area (Å²) in [6.07, 6.45) is 1.06. The van der Waals surface area contributed by atoms with Crippen molar-refractivity contribution < 1.29 is 23.5 Å². The Hall–Kier alpha value is -2.60. The van der Waals surface area contributed by atoms with Gasteiger partial charge < -0.3 is 14.8 Å². The zero-order chi connectivity index (χ0) is 17.8. The summed E-state index contributed by atoms with van der Waals surface area (Å²) in [5.41, 5.74) is 2.24. The van der Waals surface area contributed by atoms with E-state index >= 15 is 0 Å². The van der Waals surface area contributed by atoms with Gasteiger partial charge >= 0.3 is 5.97 Å². The molecule has 1 amide bonds. The first-order chi connectivity index (χ1) is 12.0. The van der Waals surface area contributed by atoms with Crippen molar-refractivity contribution in [2.24, 2.45) is 0 Å². The molecule has 0 saturated heterocycles. The summed E-state index contributed by atoms with van der Waals surface area (Å²) < 4.78 is 23.4. The number of halogens is 2. The molecule has 0 saturated carbocycles. The third-order valence-corrected chi connectivity index (χ3v) is 4.08. The minimum absolute atomic E-state index is 0.01000. The van der Waals surface area contributed by atoms with E-state index in [1.54, 1.807) is 18.2 Å². The number of nitrogens with one attached hydrogen (secondary N) is 1. The Morgan fingerprint density at radius 1 is 1.20 bits per heavy atom. The van der Waals surface area contributed by atoms with Gasteiger partial charge in [0.2, 0.25) is 5.91 Å². The van der Waals surface area contributed by atoms with Crippen LogP contribution in [0, 0.1) is 5.82 Å². The van der Waals surface area contributed by atoms with E-state index in [0.29, 0.717) is 24.2 Å². The van der Waals surface area contributed by atoms with Gasteiger partial charge in [-0.1, -0.05) is 17.7 Å². The molecule has 2 aromatic carbocycles. The minimum Gasteiger partial charge on any atom is -0.482 e. The third kappa shape index (κ3) is 4.48. The van der Waals surface area contributed by atoms with Crippen molar-refractivity contribution in [3.05, 3.63) is 58.4 Å². The van der Waals surface area contributed by atoms with Crippen molar-refractivity contribution >= 4 is 29.2 Å². The fraction of sp³-hybridized carbons (Fsp3) is 0.222. The van der Waals surface area contributed by atoms with Crippen LogP contribution in [-0.2, 0) is 27.4 Å². The lowest BCUT2D eigenvalue weighted by molar-refractivity contribution is -0.147. The van der Waals surface area contributed by atoms with Gasteiger partial charge in [0, 0.05) is 17.7 Å². The van der Waals surface area contributed by atoms with Crippen LogP contribution in [0.4, 0.5) is 10.1 Å². The number of esters is 1. The van der Waals surface area contributed by atoms with Crippen molar-refractivity contribution in [1.29, 1.82) is 0 Å². The zero-order valence-corrected chi connectivity index (χ0v) is 13.9. The van der Waals surface area contributed by atoms with E-state index in [-0.39, 0.29) is 24.1 Å². The quantitative estimate of drug-likeness (QED) is 0.826. The number of amides is 1. The maximum Gasteiger partial charge on any atom is 0.344 e. The predicted octanol–water partition coefficient (Wildman–Crippen LogP) is 3.49. The molecule has 1 heterocycles. The summed E-state index contributed by atoms with van der Waals surface area (Å²) in [6, 6.07) is 9.08. The first-order valence-electron chi connectivity index (χ1n) is 7.66. The molecule has 130 valence electrons. The zero-order valence-electron chi connectivity index (χ0n) is 13.2. The number of ether oxygens (including phenoxy) is 2. The molecule has 0 aliphatic carbocycles. The molecule has 0 atom stereocenters. The molecule has 2 aromatic rings. The lowest BCUT2D eigenvalue weighted by atomic mass is 10.0. The molecule has 0 aromatic heterocycles. The van der Waals surface area contributed by atoms with Crippen LogP contribution in [0.15, 0.2) is 36.4 Å². The number of hydrogen-bond donors (Lipinski definition) is 1. The second-order valence-electron chi connectivity index (χ2n) is 5.55. The summed E-state index contributed by atoms with van der Waals surface area (Å²) in [6.45, 7) is -0.318. The van der Waals surface area contributed by atoms with E-state index < -0.39 is 11.8 Å². The van der Waals surface area contributed by atoms with Crippen LogP contribution in [-0.4, -0.2) is 18.5 Å². The highest BCUT2D eigenvalue weighted by Crippen LogP contribution is 2.26. The fourth-order valence-electron chi connectivity index (χ4n) is 2.43. The number of benzene rings is 2. The van der Waals surface area contributed by atoms with Crippen LogP contribution in [0.1, 0.15) is 17.5 Å². The van der Waals surface area contributed by atoms with Gasteiger partial charge in [-0.25, -0.2) is 9.18 Å². The molecule has 1 aliphatic rings. The summed E-state index contributed by atoms with van der Waals surface area (Å²) in [5.74, 6) is -0.505. The fourth-order valence-corrected chi connectivity index (χ4v) is 2.65. The summed E-state index contributed by atoms with van der Waals surface area (Å²) >= 11 is 5.87. The van der Waals surface area contributed by atoms with Crippen LogP contribution >= 0.6 is 11.6 Å². The molecule has 0 unspecified atom stereocenters. The monoisotopic (exact) mass is 363 g/mol. The lowest BCUT2D eigenvalue weighted by Crippen LogP contribution is -2.19. The molecule has 3 rings (SSSR count). The van der Waals surface area contributed by atoms with Gasteiger partial charge in [-0.15, -0.1) is 0 Å². The summed E-state index contributed by atoms with van der Waals surface area (Å²) in [5, 5.41) is 2.97. The van der Waals surface area contributed by atoms with Gasteiger partial charge in [0.1, 0.15) is 18.2 Å². The molecule has 1 aliphatic heterocycles. The van der Waals surface area contributed by atoms with Gasteiger partial charge in [0.25, 0.3) is 0 Å². The molecule has 7 heteroatoms. The first kappa shape index (κ1) is 17.2. The number of aryl methyl sites for hydroxylation is 1. The standard InChI is InChI=1S/C18H15ClFNO4/c19-15-8-13(20)3-1-12(15)9-25-18(23)10-24-14-4-5-16-11(7-14)2-6-17(22)21-16/h1,3-5,7-8H,2,6,9-10H2,(H,21,22). The van der Waals surface area contributed by atoms with Crippen molar-refractivity contribution in [3.63, 3.8) is 0 Å². The molecule has 0 spiro atoms. The summed E-state index contributed by atoms with van der Waals surface area (Å²) in [4.78, 5) is 23.1. The van der Waals surface area contributed by atoms with Crippen molar-refractivity contribution in [2.75, 3.05) is 11.9 Å². The number of rotatable bonds is 5. The van der Waals surface area contributed by atoms with Crippen molar-refractivity contribution in [2.45, 2.75) is 19.4 Å². The van der Waals surface area contributed by atoms with E-state index in [1.165, 1.54) is 12.1 Å². The SMILES string of the molecule is O=C1CCc2cc(OCC(=O)OCc3ccc(F)cc3Cl)ccc2N1. The normalized spacial score (nSPS) is 13.0. The maximum atomic E-state index is 13.0. The molecular weight excluding hydrogens is 349 g/mol. The number of carbonyl (C=O) groups excluding carboxylic acids is 2. The topological polar surface area (TPSA) is 64.6 Å². The third-order valence-electron chi connectivity index (χ3n) is 3.73. The minimum atomic E-state index is -0.564. The molecule has 0 radical (unpaired) electrons. The van der Waals surface area contributed by atoms with Gasteiger partial charge in [0.15, 0.2) is 6.61 Å². The highest BCUT2D eigenvalue weighted by atomic mass is 35.5. The Morgan fingerprint density at radius 3 is 2.84 bits per heavy atom. The molecule has 0 fully saturated rings. The Bertz CT molecular complexity index is 825. The molecule has 1 N–H and O–H groups in total. The number of hydrogen-bond acceptors (Lipinski definition) is 4. The van der Waals surface area contributed by atoms with Crippen molar-refractivity contribution in [3.8, 4) is 5.75 Å². The maximum absolute atomic E-state index is 13.0. The van der Waals surface area contributed by atoms with E-state index in [2.05, 4.69) is 5.32 Å². The Balaban J connectivity index is 1.51. The van der Waals surface area contributed by atoms with E-state index in [1.807, 2.05) is 0 Å². The van der Waals surface area contributed by atoms with Crippen LogP contribution in [0.3, 0.4) is 0 Å². The largest absolute Gasteiger partial charge is 0.482 e. The predicted molar refractivity (Wildman–Crippen MR) is 90.1 cm³/mol. The lowest BCUT2D eigenvalue weighted by Gasteiger charge is -2.17. The van der Waals surface area contributed by atoms with Gasteiger partial charge in [-0.05, 0) is 42.3 Å². The highest BCUT2D eigenvalue weighted by Gasteiger charge is 2.15. The highest BCUT2D eigenvalue weighted by molar-refractivity contribution is 6.31. The first-order valence-corrected chi connectivity index (χ1v) is 8.04. The average molecular weight is 364 g/mol. The second kappa shape index (κ2) is 7.53. The Kier molecular flexibility index (Phi) is 5.19. The molecule has 5 nitrogen and oxygen atoms in total. The van der Waals surface area contributed by atoms with Crippen LogP contribution < -0.4 is 10.1 Å². The van der Waals surface area contributed by atoms with Crippen LogP contribution in [0.2, 0.25) is 5.02 Å². The number of carbonyl (C=O) groups is 2. The molecule has 25 heavy (non-hydrogen) atoms. The van der Waals surface area contributed by atoms with Crippen LogP contribution in [0.25, 0.3) is 0 Å². The number of fused-ring (bicyclic) bond motifs is 1. The molecule has 0 bridgehead atoms. The van der Waals surface area contributed by atoms with E-state index in [4.69, 9.17) is 21.1 Å². The van der Waals surface area contributed by atoms with E-state index in [0.717, 1.165) is 17.3 Å². The Labute approximate surface area is 148 Å². The second-order valence-corrected chi connectivity index (χ2v) is 5.96. The van der Waals surface area contributed by atoms with Crippen LogP contribution in [0.5, 0.6) is 5.75 Å². The van der Waals surface area contributed by atoms with Crippen molar-refractivity contribution in [1.82, 2.24) is 0 Å². The Morgan fingerprint density at radius 2 is 2.04 bits per heavy atom. The molecular formula is C18H15ClFNO4. The van der Waals surface area contributed by atoms with Gasteiger partial charge in [-0.2, -0.15) is 0 Å². The van der Waals surface area contributed by atoms with Gasteiger partial charge in [-0.3, -0.25) is 4.79 Å². The smallest absolute Gasteiger partial charge is 0.344 e. The van der Waals surface area contributed by atoms with Gasteiger partial charge in [0.05, 0.1) is 5.02 Å². The summed E-state index contributed by atoms with van der Waals surface area (Å²) in [7, 11) is 0. The average Bonchev–Trinajstić information content (AvgIpc) is 2.59. The number of anilines is 1.